The lowest BCUT2D eigenvalue weighted by Gasteiger charge is -2.26. The van der Waals surface area contributed by atoms with E-state index in [2.05, 4.69) is 89.8 Å². The number of nitrogens with zero attached hydrogens (tertiary/aromatic N) is 1. The molecular formula is C56H99NO8. The predicted octanol–water partition coefficient (Wildman–Crippen LogP) is 14.4. The third kappa shape index (κ3) is 40.1. The van der Waals surface area contributed by atoms with Gasteiger partial charge < -0.3 is 28.6 Å². The Bertz CT molecular complexity index is 1260. The fraction of sp³-hybridized carbons (Fsp3) is 0.804. The molecule has 65 heavy (non-hydrogen) atoms. The molecule has 0 aromatic carbocycles. The fourth-order valence-corrected chi connectivity index (χ4v) is 7.72. The number of hydrogen-bond acceptors (Lipinski definition) is 9. The van der Waals surface area contributed by atoms with E-state index in [0.717, 1.165) is 116 Å². The van der Waals surface area contributed by atoms with Gasteiger partial charge in [0.15, 0.2) is 6.29 Å². The molecule has 376 valence electrons. The quantitative estimate of drug-likeness (QED) is 0.0195. The molecular weight excluding hydrogens is 815 g/mol. The van der Waals surface area contributed by atoms with Gasteiger partial charge in [0, 0.05) is 32.5 Å². The zero-order valence-corrected chi connectivity index (χ0v) is 43.0. The standard InChI is InChI=1S/C56H99NO8/c1-8-9-10-11-12-13-14-15-16-17-18-19-20-21-23-34-53(58)63-45-52(46-64-54(59)35-24-27-42-57-40-25-22-26-41-57)47-65-55(60)36-37-56(61-43-38-50(6)32-28-30-48(2)3)62-44-39-51(7)33-29-31-49(4)5/h12-13,15-16,30-31,50-52,56H,8-11,14,17-29,32-47H2,1-7H3/b13-12-,16-15-. The van der Waals surface area contributed by atoms with Crippen molar-refractivity contribution in [3.8, 4) is 0 Å². The lowest BCUT2D eigenvalue weighted by atomic mass is 10.0. The van der Waals surface area contributed by atoms with Crippen molar-refractivity contribution in [3.63, 3.8) is 0 Å². The van der Waals surface area contributed by atoms with Gasteiger partial charge in [-0.25, -0.2) is 0 Å². The van der Waals surface area contributed by atoms with Crippen LogP contribution >= 0.6 is 0 Å². The van der Waals surface area contributed by atoms with Gasteiger partial charge in [-0.05, 0) is 162 Å². The van der Waals surface area contributed by atoms with Crippen LogP contribution in [0.2, 0.25) is 0 Å². The summed E-state index contributed by atoms with van der Waals surface area (Å²) in [6, 6.07) is 0. The highest BCUT2D eigenvalue weighted by molar-refractivity contribution is 5.70. The van der Waals surface area contributed by atoms with Gasteiger partial charge in [0.25, 0.3) is 0 Å². The number of carbonyl (C=O) groups excluding carboxylic acids is 3. The normalized spacial score (nSPS) is 15.1. The highest BCUT2D eigenvalue weighted by Gasteiger charge is 2.20. The van der Waals surface area contributed by atoms with Gasteiger partial charge in [-0.3, -0.25) is 14.4 Å². The van der Waals surface area contributed by atoms with Crippen LogP contribution in [0.1, 0.15) is 215 Å². The first-order valence-electron chi connectivity index (χ1n) is 26.5. The predicted molar refractivity (Wildman–Crippen MR) is 270 cm³/mol. The lowest BCUT2D eigenvalue weighted by molar-refractivity contribution is -0.163. The summed E-state index contributed by atoms with van der Waals surface area (Å²) in [6.45, 7) is 19.8. The number of unbranched alkanes of at least 4 members (excludes halogenated alkanes) is 9. The minimum Gasteiger partial charge on any atom is -0.465 e. The number of carbonyl (C=O) groups is 3. The van der Waals surface area contributed by atoms with Crippen molar-refractivity contribution in [3.05, 3.63) is 47.6 Å². The largest absolute Gasteiger partial charge is 0.465 e. The van der Waals surface area contributed by atoms with Crippen LogP contribution in [0.5, 0.6) is 0 Å². The zero-order chi connectivity index (χ0) is 47.6. The number of ether oxygens (including phenoxy) is 5. The topological polar surface area (TPSA) is 101 Å². The van der Waals surface area contributed by atoms with Crippen molar-refractivity contribution in [2.45, 2.75) is 222 Å². The number of likely N-dealkylation sites (tertiary alicyclic amines) is 1. The van der Waals surface area contributed by atoms with Crippen molar-refractivity contribution in [2.24, 2.45) is 17.8 Å². The third-order valence-electron chi connectivity index (χ3n) is 12.2. The van der Waals surface area contributed by atoms with Crippen LogP contribution in [0.15, 0.2) is 47.6 Å². The van der Waals surface area contributed by atoms with Crippen LogP contribution in [0, 0.1) is 17.8 Å². The number of allylic oxidation sites excluding steroid dienone is 8. The van der Waals surface area contributed by atoms with E-state index >= 15 is 0 Å². The first kappa shape index (κ1) is 60.3. The minimum absolute atomic E-state index is 0.00316. The summed E-state index contributed by atoms with van der Waals surface area (Å²) < 4.78 is 29.5. The van der Waals surface area contributed by atoms with Crippen LogP contribution in [-0.2, 0) is 38.1 Å². The number of esters is 3. The summed E-state index contributed by atoms with van der Waals surface area (Å²) in [6.07, 6.45) is 38.4. The number of hydrogen-bond donors (Lipinski definition) is 0. The molecule has 0 amide bonds. The lowest BCUT2D eigenvalue weighted by Crippen LogP contribution is -2.30. The summed E-state index contributed by atoms with van der Waals surface area (Å²) in [7, 11) is 0. The number of piperidine rings is 1. The summed E-state index contributed by atoms with van der Waals surface area (Å²) in [5.41, 5.74) is 2.68. The maximum atomic E-state index is 13.1. The molecule has 1 heterocycles. The molecule has 0 spiro atoms. The Morgan fingerprint density at radius 2 is 1.00 bits per heavy atom. The van der Waals surface area contributed by atoms with E-state index in [-0.39, 0.29) is 44.1 Å². The Labute approximate surface area is 399 Å². The first-order valence-corrected chi connectivity index (χ1v) is 26.5. The molecule has 1 fully saturated rings. The Morgan fingerprint density at radius 3 is 1.52 bits per heavy atom. The van der Waals surface area contributed by atoms with Gasteiger partial charge in [0.2, 0.25) is 0 Å². The highest BCUT2D eigenvalue weighted by Crippen LogP contribution is 2.18. The molecule has 9 nitrogen and oxygen atoms in total. The Morgan fingerprint density at radius 1 is 0.523 bits per heavy atom. The first-order chi connectivity index (χ1) is 31.5. The average molecular weight is 914 g/mol. The third-order valence-corrected chi connectivity index (χ3v) is 12.2. The van der Waals surface area contributed by atoms with E-state index in [1.165, 1.54) is 56.1 Å². The molecule has 0 bridgehead atoms. The van der Waals surface area contributed by atoms with Gasteiger partial charge in [-0.1, -0.05) is 107 Å². The van der Waals surface area contributed by atoms with Crippen LogP contribution < -0.4 is 0 Å². The van der Waals surface area contributed by atoms with Crippen LogP contribution in [-0.4, -0.2) is 81.8 Å². The van der Waals surface area contributed by atoms with Gasteiger partial charge >= 0.3 is 17.9 Å². The number of rotatable bonds is 42. The second-order valence-electron chi connectivity index (χ2n) is 19.5. The Hall–Kier alpha value is -2.75. The van der Waals surface area contributed by atoms with E-state index < -0.39 is 12.2 Å². The van der Waals surface area contributed by atoms with Crippen molar-refractivity contribution < 1.29 is 38.1 Å². The van der Waals surface area contributed by atoms with Crippen molar-refractivity contribution in [1.82, 2.24) is 4.90 Å². The summed E-state index contributed by atoms with van der Waals surface area (Å²) in [5, 5.41) is 0. The van der Waals surface area contributed by atoms with Crippen molar-refractivity contribution in [1.29, 1.82) is 0 Å². The molecule has 0 N–H and O–H groups in total. The minimum atomic E-state index is -0.501. The van der Waals surface area contributed by atoms with E-state index in [1.807, 2.05) is 0 Å². The SMILES string of the molecule is CCCCC/C=C\C/C=C\CCCCCCCC(=O)OCC(COC(=O)CCCCN1CCCCC1)COC(=O)CCC(OCCC(C)CCC=C(C)C)OCCC(C)CCC=C(C)C. The monoisotopic (exact) mass is 914 g/mol. The van der Waals surface area contributed by atoms with Gasteiger partial charge in [0.05, 0.1) is 12.3 Å². The molecule has 0 saturated carbocycles. The average Bonchev–Trinajstić information content (AvgIpc) is 3.27. The highest BCUT2D eigenvalue weighted by atomic mass is 16.7. The Balaban J connectivity index is 2.62. The fourth-order valence-electron chi connectivity index (χ4n) is 7.72. The van der Waals surface area contributed by atoms with Gasteiger partial charge in [-0.15, -0.1) is 0 Å². The molecule has 0 aromatic heterocycles. The second-order valence-corrected chi connectivity index (χ2v) is 19.5. The van der Waals surface area contributed by atoms with Crippen molar-refractivity contribution in [2.75, 3.05) is 52.7 Å². The molecule has 1 aliphatic heterocycles. The van der Waals surface area contributed by atoms with E-state index in [0.29, 0.717) is 44.3 Å². The zero-order valence-electron chi connectivity index (χ0n) is 43.0. The van der Waals surface area contributed by atoms with Crippen LogP contribution in [0.3, 0.4) is 0 Å². The van der Waals surface area contributed by atoms with Gasteiger partial charge in [0.1, 0.15) is 19.8 Å². The molecule has 1 saturated heterocycles. The molecule has 0 radical (unpaired) electrons. The maximum absolute atomic E-state index is 13.1. The van der Waals surface area contributed by atoms with E-state index in [9.17, 15) is 14.4 Å². The molecule has 9 heteroatoms. The molecule has 1 rings (SSSR count). The summed E-state index contributed by atoms with van der Waals surface area (Å²) in [4.78, 5) is 41.1. The molecule has 3 atom stereocenters. The molecule has 0 aliphatic carbocycles. The molecule has 1 aliphatic rings. The van der Waals surface area contributed by atoms with Crippen LogP contribution in [0.25, 0.3) is 0 Å². The van der Waals surface area contributed by atoms with Crippen molar-refractivity contribution >= 4 is 17.9 Å². The van der Waals surface area contributed by atoms with Crippen LogP contribution in [0.4, 0.5) is 0 Å². The van der Waals surface area contributed by atoms with E-state index in [1.54, 1.807) is 0 Å². The summed E-state index contributed by atoms with van der Waals surface area (Å²) >= 11 is 0. The smallest absolute Gasteiger partial charge is 0.305 e. The summed E-state index contributed by atoms with van der Waals surface area (Å²) in [5.74, 6) is -0.332. The van der Waals surface area contributed by atoms with Gasteiger partial charge in [-0.2, -0.15) is 0 Å². The Kier molecular flexibility index (Phi) is 39.5. The molecule has 0 aromatic rings. The second kappa shape index (κ2) is 42.6. The maximum Gasteiger partial charge on any atom is 0.305 e. The molecule has 3 unspecified atom stereocenters. The van der Waals surface area contributed by atoms with E-state index in [4.69, 9.17) is 23.7 Å².